The van der Waals surface area contributed by atoms with Crippen LogP contribution in [0.3, 0.4) is 0 Å². The lowest BCUT2D eigenvalue weighted by atomic mass is 9.79. The van der Waals surface area contributed by atoms with E-state index >= 15 is 0 Å². The topological polar surface area (TPSA) is 91.6 Å². The van der Waals surface area contributed by atoms with Crippen molar-refractivity contribution in [3.8, 4) is 5.75 Å². The highest BCUT2D eigenvalue weighted by Gasteiger charge is 2.53. The maximum absolute atomic E-state index is 13.8. The van der Waals surface area contributed by atoms with Gasteiger partial charge in [-0.2, -0.15) is 0 Å². The number of pyridine rings is 1. The van der Waals surface area contributed by atoms with Gasteiger partial charge in [0.2, 0.25) is 5.43 Å². The molecule has 7 nitrogen and oxygen atoms in total. The van der Waals surface area contributed by atoms with Crippen molar-refractivity contribution < 1.29 is 27.9 Å². The summed E-state index contributed by atoms with van der Waals surface area (Å²) < 4.78 is 42.2. The molecule has 5 rings (SSSR count). The summed E-state index contributed by atoms with van der Waals surface area (Å²) in [5.41, 5.74) is -2.61. The van der Waals surface area contributed by atoms with E-state index < -0.39 is 63.7 Å². The number of hydrogen-bond donors (Lipinski definition) is 2. The number of amides is 2. The lowest BCUT2D eigenvalue weighted by Crippen LogP contribution is -2.55. The molecule has 1 unspecified atom stereocenters. The van der Waals surface area contributed by atoms with Gasteiger partial charge in [0.1, 0.15) is 23.0 Å². The minimum Gasteiger partial charge on any atom is -0.503 e. The normalized spacial score (nSPS) is 23.7. The van der Waals surface area contributed by atoms with Crippen LogP contribution in [0.5, 0.6) is 5.75 Å². The molecule has 2 fully saturated rings. The molecule has 1 aliphatic carbocycles. The molecule has 1 saturated heterocycles. The Kier molecular flexibility index (Phi) is 4.58. The van der Waals surface area contributed by atoms with E-state index in [0.717, 1.165) is 25.7 Å². The van der Waals surface area contributed by atoms with E-state index in [2.05, 4.69) is 5.32 Å². The second-order valence-corrected chi connectivity index (χ2v) is 8.83. The number of aromatic hydroxyl groups is 1. The third-order valence-electron chi connectivity index (χ3n) is 6.88. The summed E-state index contributed by atoms with van der Waals surface area (Å²) >= 11 is 0. The summed E-state index contributed by atoms with van der Waals surface area (Å²) in [5, 5.41) is 12.7. The molecule has 2 N–H and O–H groups in total. The van der Waals surface area contributed by atoms with E-state index in [9.17, 15) is 32.7 Å². The number of fused-ring (bicyclic) bond motifs is 2. The standard InChI is InChI=1S/C22H20F3N3O4/c23-12-4-15(24)13(16(25)5-12)7-26-20(31)14-9-27-10-22-3-1-2-11(6-22)8-28(22)21(32)17(27)19(30)18(14)29/h4-5,9,11,30H,1-3,6-8,10H2,(H,26,31)/t11?,22-/m0/s1. The fraction of sp³-hybridized carbons (Fsp3) is 0.409. The SMILES string of the molecule is O=C(NCc1c(F)cc(F)cc1F)c1cn2c(c(O)c1=O)C(=O)N1CC3CCC[C@]1(C3)C2. The Labute approximate surface area is 180 Å². The van der Waals surface area contributed by atoms with Gasteiger partial charge in [-0.25, -0.2) is 13.2 Å². The predicted octanol–water partition coefficient (Wildman–Crippen LogP) is 2.30. The van der Waals surface area contributed by atoms with Crippen molar-refractivity contribution in [3.63, 3.8) is 0 Å². The quantitative estimate of drug-likeness (QED) is 0.756. The van der Waals surface area contributed by atoms with Crippen LogP contribution >= 0.6 is 0 Å². The Morgan fingerprint density at radius 1 is 1.22 bits per heavy atom. The number of halogens is 3. The van der Waals surface area contributed by atoms with Crippen molar-refractivity contribution in [1.82, 2.24) is 14.8 Å². The van der Waals surface area contributed by atoms with Gasteiger partial charge in [0.05, 0.1) is 5.54 Å². The van der Waals surface area contributed by atoms with Crippen LogP contribution in [-0.2, 0) is 13.1 Å². The summed E-state index contributed by atoms with van der Waals surface area (Å²) in [7, 11) is 0. The van der Waals surface area contributed by atoms with E-state index in [1.807, 2.05) is 0 Å². The first-order valence-corrected chi connectivity index (χ1v) is 10.4. The van der Waals surface area contributed by atoms with Crippen molar-refractivity contribution in [2.75, 3.05) is 6.54 Å². The maximum atomic E-state index is 13.8. The number of rotatable bonds is 3. The zero-order valence-corrected chi connectivity index (χ0v) is 17.0. The number of carbonyl (C=O) groups is 2. The molecule has 1 spiro atoms. The number of benzene rings is 1. The van der Waals surface area contributed by atoms with Crippen LogP contribution < -0.4 is 10.7 Å². The van der Waals surface area contributed by atoms with Crippen molar-refractivity contribution in [2.24, 2.45) is 5.92 Å². The Hall–Kier alpha value is -3.30. The predicted molar refractivity (Wildman–Crippen MR) is 106 cm³/mol. The first-order chi connectivity index (χ1) is 15.2. The molecular formula is C22H20F3N3O4. The molecule has 3 heterocycles. The van der Waals surface area contributed by atoms with Crippen LogP contribution in [0.1, 0.15) is 52.1 Å². The lowest BCUT2D eigenvalue weighted by Gasteiger charge is -2.44. The molecule has 2 aromatic rings. The molecule has 32 heavy (non-hydrogen) atoms. The molecule has 3 aliphatic rings. The van der Waals surface area contributed by atoms with E-state index in [1.54, 1.807) is 4.90 Å². The average Bonchev–Trinajstić information content (AvgIpc) is 2.99. The fourth-order valence-corrected chi connectivity index (χ4v) is 5.45. The molecular weight excluding hydrogens is 427 g/mol. The monoisotopic (exact) mass is 447 g/mol. The molecule has 1 aromatic heterocycles. The minimum atomic E-state index is -1.18. The highest BCUT2D eigenvalue weighted by Crippen LogP contribution is 2.48. The minimum absolute atomic E-state index is 0.152. The lowest BCUT2D eigenvalue weighted by molar-refractivity contribution is 0.0419. The maximum Gasteiger partial charge on any atom is 0.275 e. The molecule has 2 atom stereocenters. The van der Waals surface area contributed by atoms with Gasteiger partial charge in [0.15, 0.2) is 11.4 Å². The van der Waals surface area contributed by atoms with Gasteiger partial charge in [0.25, 0.3) is 11.8 Å². The summed E-state index contributed by atoms with van der Waals surface area (Å²) in [6, 6.07) is 0.972. The van der Waals surface area contributed by atoms with Gasteiger partial charge in [-0.15, -0.1) is 0 Å². The number of aromatic nitrogens is 1. The van der Waals surface area contributed by atoms with Crippen LogP contribution in [0.2, 0.25) is 0 Å². The molecule has 2 amide bonds. The molecule has 168 valence electrons. The average molecular weight is 447 g/mol. The van der Waals surface area contributed by atoms with E-state index in [4.69, 9.17) is 0 Å². The Bertz CT molecular complexity index is 1200. The molecule has 2 aliphatic heterocycles. The van der Waals surface area contributed by atoms with Crippen LogP contribution in [-0.4, -0.2) is 38.5 Å². The molecule has 1 aromatic carbocycles. The first-order valence-electron chi connectivity index (χ1n) is 10.4. The third-order valence-corrected chi connectivity index (χ3v) is 6.88. The van der Waals surface area contributed by atoms with Crippen molar-refractivity contribution in [1.29, 1.82) is 0 Å². The number of carbonyl (C=O) groups excluding carboxylic acids is 2. The zero-order valence-electron chi connectivity index (χ0n) is 17.0. The van der Waals surface area contributed by atoms with Gasteiger partial charge in [0, 0.05) is 43.5 Å². The summed E-state index contributed by atoms with van der Waals surface area (Å²) in [4.78, 5) is 40.1. The molecule has 1 saturated carbocycles. The first kappa shape index (κ1) is 20.6. The van der Waals surface area contributed by atoms with Gasteiger partial charge >= 0.3 is 0 Å². The fourth-order valence-electron chi connectivity index (χ4n) is 5.45. The summed E-state index contributed by atoms with van der Waals surface area (Å²) in [6.07, 6.45) is 4.84. The van der Waals surface area contributed by atoms with E-state index in [0.29, 0.717) is 31.1 Å². The second-order valence-electron chi connectivity index (χ2n) is 8.83. The van der Waals surface area contributed by atoms with Gasteiger partial charge < -0.3 is 19.9 Å². The Morgan fingerprint density at radius 3 is 2.66 bits per heavy atom. The van der Waals surface area contributed by atoms with Crippen molar-refractivity contribution in [3.05, 3.63) is 62.8 Å². The second kappa shape index (κ2) is 7.11. The van der Waals surface area contributed by atoms with Crippen molar-refractivity contribution >= 4 is 11.8 Å². The number of hydrogen-bond acceptors (Lipinski definition) is 4. The highest BCUT2D eigenvalue weighted by molar-refractivity contribution is 5.99. The highest BCUT2D eigenvalue weighted by atomic mass is 19.1. The van der Waals surface area contributed by atoms with Crippen molar-refractivity contribution in [2.45, 2.75) is 44.3 Å². The Balaban J connectivity index is 1.46. The summed E-state index contributed by atoms with van der Waals surface area (Å²) in [6.45, 7) is 0.306. The van der Waals surface area contributed by atoms with Crippen LogP contribution in [0.15, 0.2) is 23.1 Å². The largest absolute Gasteiger partial charge is 0.503 e. The van der Waals surface area contributed by atoms with E-state index in [1.165, 1.54) is 10.8 Å². The molecule has 10 heteroatoms. The van der Waals surface area contributed by atoms with Crippen LogP contribution in [0.4, 0.5) is 13.2 Å². The van der Waals surface area contributed by atoms with Crippen LogP contribution in [0.25, 0.3) is 0 Å². The smallest absolute Gasteiger partial charge is 0.275 e. The number of nitrogens with one attached hydrogen (secondary N) is 1. The van der Waals surface area contributed by atoms with E-state index in [-0.39, 0.29) is 5.69 Å². The van der Waals surface area contributed by atoms with Crippen LogP contribution in [0, 0.1) is 23.4 Å². The molecule has 0 radical (unpaired) electrons. The van der Waals surface area contributed by atoms with Gasteiger partial charge in [-0.05, 0) is 25.2 Å². The summed E-state index contributed by atoms with van der Waals surface area (Å²) in [5.74, 6) is -5.29. The number of nitrogens with zero attached hydrogens (tertiary/aromatic N) is 2. The Morgan fingerprint density at radius 2 is 1.94 bits per heavy atom. The molecule has 2 bridgehead atoms. The van der Waals surface area contributed by atoms with Gasteiger partial charge in [-0.3, -0.25) is 14.4 Å². The third kappa shape index (κ3) is 3.00. The zero-order chi connectivity index (χ0) is 22.8. The van der Waals surface area contributed by atoms with Gasteiger partial charge in [-0.1, -0.05) is 6.42 Å².